The molecule has 0 N–H and O–H groups in total. The Kier molecular flexibility index (Phi) is 4.35. The maximum absolute atomic E-state index is 12.5. The van der Waals surface area contributed by atoms with E-state index in [-0.39, 0.29) is 11.9 Å². The van der Waals surface area contributed by atoms with E-state index in [4.69, 9.17) is 4.74 Å². The molecule has 1 saturated heterocycles. The van der Waals surface area contributed by atoms with Crippen molar-refractivity contribution < 1.29 is 14.3 Å². The fourth-order valence-electron chi connectivity index (χ4n) is 2.59. The molecule has 1 aliphatic rings. The van der Waals surface area contributed by atoms with E-state index in [9.17, 15) is 9.59 Å². The van der Waals surface area contributed by atoms with Gasteiger partial charge in [-0.3, -0.25) is 9.59 Å². The first-order valence-electron chi connectivity index (χ1n) is 7.38. The van der Waals surface area contributed by atoms with Crippen molar-refractivity contribution in [1.29, 1.82) is 0 Å². The molecule has 4 nitrogen and oxygen atoms in total. The Morgan fingerprint density at radius 1 is 1.29 bits per heavy atom. The number of hydrogen-bond donors (Lipinski definition) is 0. The zero-order valence-electron chi connectivity index (χ0n) is 13.1. The van der Waals surface area contributed by atoms with Gasteiger partial charge in [-0.2, -0.15) is 0 Å². The maximum atomic E-state index is 12.5. The Bertz CT molecular complexity index is 519. The third-order valence-electron chi connectivity index (χ3n) is 3.68. The van der Waals surface area contributed by atoms with Crippen molar-refractivity contribution in [1.82, 2.24) is 4.90 Å². The minimum absolute atomic E-state index is 0.0221. The molecule has 1 aromatic carbocycles. The van der Waals surface area contributed by atoms with Crippen LogP contribution in [0.4, 0.5) is 0 Å². The molecule has 1 amide bonds. The lowest BCUT2D eigenvalue weighted by Crippen LogP contribution is -2.35. The summed E-state index contributed by atoms with van der Waals surface area (Å²) < 4.78 is 5.34. The number of benzene rings is 1. The quantitative estimate of drug-likeness (QED) is 0.635. The first-order chi connectivity index (χ1) is 9.79. The highest BCUT2D eigenvalue weighted by molar-refractivity contribution is 5.99. The number of nitrogens with zero attached hydrogens (tertiary/aromatic N) is 1. The third-order valence-corrected chi connectivity index (χ3v) is 3.68. The van der Waals surface area contributed by atoms with Gasteiger partial charge in [0.15, 0.2) is 0 Å². The van der Waals surface area contributed by atoms with E-state index in [1.54, 1.807) is 4.90 Å². The molecule has 0 aliphatic carbocycles. The topological polar surface area (TPSA) is 46.6 Å². The van der Waals surface area contributed by atoms with Gasteiger partial charge < -0.3 is 9.64 Å². The van der Waals surface area contributed by atoms with Gasteiger partial charge in [0.25, 0.3) is 0 Å². The molecule has 1 aliphatic heterocycles. The van der Waals surface area contributed by atoms with Crippen molar-refractivity contribution in [2.24, 2.45) is 5.92 Å². The van der Waals surface area contributed by atoms with E-state index < -0.39 is 17.5 Å². The van der Waals surface area contributed by atoms with Crippen molar-refractivity contribution in [3.8, 4) is 0 Å². The van der Waals surface area contributed by atoms with Crippen LogP contribution in [0.2, 0.25) is 0 Å². The van der Waals surface area contributed by atoms with Gasteiger partial charge in [-0.05, 0) is 39.7 Å². The van der Waals surface area contributed by atoms with Crippen molar-refractivity contribution in [3.05, 3.63) is 35.9 Å². The van der Waals surface area contributed by atoms with Gasteiger partial charge in [-0.1, -0.05) is 30.3 Å². The highest BCUT2D eigenvalue weighted by Crippen LogP contribution is 2.29. The Morgan fingerprint density at radius 2 is 1.90 bits per heavy atom. The van der Waals surface area contributed by atoms with Crippen LogP contribution >= 0.6 is 0 Å². The number of carbonyl (C=O) groups excluding carboxylic acids is 2. The number of esters is 1. The molecule has 1 fully saturated rings. The van der Waals surface area contributed by atoms with Gasteiger partial charge >= 0.3 is 5.97 Å². The summed E-state index contributed by atoms with van der Waals surface area (Å²) in [6.45, 7) is 8.03. The Hall–Kier alpha value is -1.84. The average Bonchev–Trinajstić information content (AvgIpc) is 2.79. The molecule has 0 spiro atoms. The van der Waals surface area contributed by atoms with Gasteiger partial charge in [0, 0.05) is 6.54 Å². The molecule has 114 valence electrons. The number of hydrogen-bond acceptors (Lipinski definition) is 3. The van der Waals surface area contributed by atoms with Crippen LogP contribution in [-0.4, -0.2) is 28.9 Å². The van der Waals surface area contributed by atoms with Gasteiger partial charge in [0.2, 0.25) is 5.91 Å². The Labute approximate surface area is 126 Å². The highest BCUT2D eigenvalue weighted by Gasteiger charge is 2.41. The molecule has 2 rings (SSSR count). The normalized spacial score (nSPS) is 20.5. The van der Waals surface area contributed by atoms with Crippen LogP contribution in [-0.2, 0) is 14.3 Å². The lowest BCUT2D eigenvalue weighted by atomic mass is 10.1. The summed E-state index contributed by atoms with van der Waals surface area (Å²) in [5.74, 6) is -1.19. The molecule has 1 unspecified atom stereocenters. The van der Waals surface area contributed by atoms with Gasteiger partial charge in [0.1, 0.15) is 11.5 Å². The molecule has 21 heavy (non-hydrogen) atoms. The molecular formula is C17H23NO3. The largest absolute Gasteiger partial charge is 0.459 e. The van der Waals surface area contributed by atoms with Crippen LogP contribution < -0.4 is 0 Å². The van der Waals surface area contributed by atoms with Crippen LogP contribution in [0.25, 0.3) is 0 Å². The second-order valence-corrected chi connectivity index (χ2v) is 6.49. The van der Waals surface area contributed by atoms with Gasteiger partial charge in [-0.25, -0.2) is 0 Å². The first-order valence-corrected chi connectivity index (χ1v) is 7.38. The lowest BCUT2D eigenvalue weighted by molar-refractivity contribution is -0.162. The van der Waals surface area contributed by atoms with Gasteiger partial charge in [-0.15, -0.1) is 0 Å². The van der Waals surface area contributed by atoms with E-state index in [1.165, 1.54) is 0 Å². The first kappa shape index (κ1) is 15.5. The number of carbonyl (C=O) groups is 2. The average molecular weight is 289 g/mol. The summed E-state index contributed by atoms with van der Waals surface area (Å²) in [7, 11) is 0. The number of rotatable bonds is 3. The number of ether oxygens (including phenoxy) is 1. The van der Waals surface area contributed by atoms with Gasteiger partial charge in [0.05, 0.1) is 6.04 Å². The fraction of sp³-hybridized carbons (Fsp3) is 0.529. The van der Waals surface area contributed by atoms with E-state index in [2.05, 4.69) is 0 Å². The van der Waals surface area contributed by atoms with E-state index in [0.29, 0.717) is 13.0 Å². The molecule has 0 aromatic heterocycles. The minimum atomic E-state index is -0.657. The Balaban J connectivity index is 2.06. The molecule has 0 radical (unpaired) electrons. The number of likely N-dealkylation sites (tertiary alicyclic amines) is 1. The number of amides is 1. The zero-order chi connectivity index (χ0) is 15.6. The van der Waals surface area contributed by atoms with E-state index >= 15 is 0 Å². The van der Waals surface area contributed by atoms with Crippen molar-refractivity contribution in [2.75, 3.05) is 6.54 Å². The third kappa shape index (κ3) is 3.63. The standard InChI is InChI=1S/C17H23NO3/c1-12(13-8-6-5-7-9-13)18-11-10-14(15(18)19)16(20)21-17(2,3)4/h5-9,12,14H,10-11H2,1-4H3/t12-,14?/m1/s1. The van der Waals surface area contributed by atoms with E-state index in [0.717, 1.165) is 5.56 Å². The summed E-state index contributed by atoms with van der Waals surface area (Å²) in [6.07, 6.45) is 0.533. The predicted molar refractivity (Wildman–Crippen MR) is 80.5 cm³/mol. The molecule has 0 saturated carbocycles. The molecule has 4 heteroatoms. The molecule has 1 aromatic rings. The van der Waals surface area contributed by atoms with Crippen LogP contribution in [0.5, 0.6) is 0 Å². The van der Waals surface area contributed by atoms with Crippen molar-refractivity contribution in [3.63, 3.8) is 0 Å². The summed E-state index contributed by atoms with van der Waals surface area (Å²) in [5.41, 5.74) is 0.520. The SMILES string of the molecule is C[C@H](c1ccccc1)N1CCC(C(=O)OC(C)(C)C)C1=O. The second-order valence-electron chi connectivity index (χ2n) is 6.49. The molecule has 1 heterocycles. The van der Waals surface area contributed by atoms with Crippen LogP contribution in [0.15, 0.2) is 30.3 Å². The molecule has 0 bridgehead atoms. The second kappa shape index (κ2) is 5.88. The van der Waals surface area contributed by atoms with E-state index in [1.807, 2.05) is 58.0 Å². The van der Waals surface area contributed by atoms with Crippen molar-refractivity contribution in [2.45, 2.75) is 45.8 Å². The summed E-state index contributed by atoms with van der Waals surface area (Å²) in [4.78, 5) is 26.3. The Morgan fingerprint density at radius 3 is 2.48 bits per heavy atom. The fourth-order valence-corrected chi connectivity index (χ4v) is 2.59. The highest BCUT2D eigenvalue weighted by atomic mass is 16.6. The van der Waals surface area contributed by atoms with Crippen molar-refractivity contribution >= 4 is 11.9 Å². The molecule has 2 atom stereocenters. The summed E-state index contributed by atoms with van der Waals surface area (Å²) in [6, 6.07) is 9.84. The smallest absolute Gasteiger partial charge is 0.319 e. The maximum Gasteiger partial charge on any atom is 0.319 e. The van der Waals surface area contributed by atoms with Crippen LogP contribution in [0.1, 0.15) is 45.7 Å². The predicted octanol–water partition coefficient (Wildman–Crippen LogP) is 2.94. The monoisotopic (exact) mass is 289 g/mol. The lowest BCUT2D eigenvalue weighted by Gasteiger charge is -2.26. The summed E-state index contributed by atoms with van der Waals surface area (Å²) in [5, 5.41) is 0. The van der Waals surface area contributed by atoms with Crippen LogP contribution in [0, 0.1) is 5.92 Å². The minimum Gasteiger partial charge on any atom is -0.459 e. The molecular weight excluding hydrogens is 266 g/mol. The van der Waals surface area contributed by atoms with Crippen LogP contribution in [0.3, 0.4) is 0 Å². The zero-order valence-corrected chi connectivity index (χ0v) is 13.1. The summed E-state index contributed by atoms with van der Waals surface area (Å²) >= 11 is 0.